The summed E-state index contributed by atoms with van der Waals surface area (Å²) in [5, 5.41) is 0.730. The molecule has 2 fully saturated rings. The second kappa shape index (κ2) is 7.29. The van der Waals surface area contributed by atoms with Gasteiger partial charge in [-0.1, -0.05) is 23.2 Å². The van der Waals surface area contributed by atoms with Gasteiger partial charge in [0.25, 0.3) is 0 Å². The highest BCUT2D eigenvalue weighted by atomic mass is 35.5. The van der Waals surface area contributed by atoms with Gasteiger partial charge in [0, 0.05) is 32.7 Å². The molecule has 0 aromatic carbocycles. The van der Waals surface area contributed by atoms with E-state index in [0.29, 0.717) is 27.8 Å². The molecular formula is C20H28Cl2FN5. The molecule has 154 valence electrons. The van der Waals surface area contributed by atoms with Gasteiger partial charge in [-0.25, -0.2) is 14.4 Å². The molecule has 0 N–H and O–H groups in total. The summed E-state index contributed by atoms with van der Waals surface area (Å²) in [4.78, 5) is 13.5. The predicted octanol–water partition coefficient (Wildman–Crippen LogP) is 4.71. The number of imidazole rings is 1. The zero-order valence-electron chi connectivity index (χ0n) is 16.8. The Morgan fingerprint density at radius 1 is 1.07 bits per heavy atom. The number of aryl methyl sites for hydroxylation is 1. The van der Waals surface area contributed by atoms with E-state index in [4.69, 9.17) is 28.2 Å². The zero-order chi connectivity index (χ0) is 20.1. The van der Waals surface area contributed by atoms with E-state index in [1.165, 1.54) is 0 Å². The van der Waals surface area contributed by atoms with Crippen LogP contribution in [0, 0.1) is 5.41 Å². The molecule has 0 aliphatic carbocycles. The molecule has 0 saturated carbocycles. The van der Waals surface area contributed by atoms with Gasteiger partial charge in [-0.3, -0.25) is 0 Å². The summed E-state index contributed by atoms with van der Waals surface area (Å²) in [6.45, 7) is 7.82. The Bertz CT molecular complexity index is 858. The Morgan fingerprint density at radius 2 is 1.68 bits per heavy atom. The number of rotatable bonds is 3. The molecule has 5 nitrogen and oxygen atoms in total. The predicted molar refractivity (Wildman–Crippen MR) is 113 cm³/mol. The van der Waals surface area contributed by atoms with Crippen molar-refractivity contribution >= 4 is 40.2 Å². The van der Waals surface area contributed by atoms with Gasteiger partial charge in [0.1, 0.15) is 16.3 Å². The van der Waals surface area contributed by atoms with Crippen LogP contribution in [0.5, 0.6) is 0 Å². The number of alkyl halides is 1. The van der Waals surface area contributed by atoms with E-state index in [0.717, 1.165) is 63.3 Å². The quantitative estimate of drug-likeness (QED) is 0.664. The van der Waals surface area contributed by atoms with E-state index in [9.17, 15) is 4.39 Å². The summed E-state index contributed by atoms with van der Waals surface area (Å²) < 4.78 is 16.0. The lowest BCUT2D eigenvalue weighted by Gasteiger charge is -2.47. The lowest BCUT2D eigenvalue weighted by Crippen LogP contribution is -2.49. The molecule has 0 atom stereocenters. The van der Waals surface area contributed by atoms with Crippen LogP contribution in [-0.2, 0) is 7.05 Å². The minimum absolute atomic E-state index is 0.348. The van der Waals surface area contributed by atoms with Gasteiger partial charge in [0.2, 0.25) is 5.95 Å². The Labute approximate surface area is 175 Å². The lowest BCUT2D eigenvalue weighted by molar-refractivity contribution is 0.0456. The zero-order valence-corrected chi connectivity index (χ0v) is 18.3. The highest BCUT2D eigenvalue weighted by Gasteiger charge is 2.39. The summed E-state index contributed by atoms with van der Waals surface area (Å²) in [6.07, 6.45) is 4.61. The molecule has 0 bridgehead atoms. The summed E-state index contributed by atoms with van der Waals surface area (Å²) in [7, 11) is 2.00. The minimum atomic E-state index is -1.12. The number of hydrogen-bond acceptors (Lipinski definition) is 4. The first-order chi connectivity index (χ1) is 13.2. The number of aromatic nitrogens is 3. The minimum Gasteiger partial charge on any atom is -0.342 e. The van der Waals surface area contributed by atoms with Crippen molar-refractivity contribution in [3.8, 4) is 0 Å². The second-order valence-corrected chi connectivity index (χ2v) is 9.80. The third-order valence-electron chi connectivity index (χ3n) is 6.40. The molecule has 2 aromatic heterocycles. The fraction of sp³-hybridized carbons (Fsp3) is 0.700. The van der Waals surface area contributed by atoms with E-state index in [1.54, 1.807) is 13.8 Å². The number of halogens is 3. The van der Waals surface area contributed by atoms with Crippen molar-refractivity contribution in [2.24, 2.45) is 12.5 Å². The molecule has 28 heavy (non-hydrogen) atoms. The molecule has 0 unspecified atom stereocenters. The molecule has 8 heteroatoms. The molecule has 2 aliphatic rings. The fourth-order valence-corrected chi connectivity index (χ4v) is 5.25. The highest BCUT2D eigenvalue weighted by Crippen LogP contribution is 2.42. The standard InChI is InChI=1S/C20H28Cl2FN5/c1-19(2,23)13-27-8-4-20(5-9-27)6-10-28(11-7-20)18-25-16-14(26(18)3)12-15(21)24-17(16)22/h12H,4-11,13H2,1-3H3. The van der Waals surface area contributed by atoms with Crippen molar-refractivity contribution in [1.29, 1.82) is 0 Å². The van der Waals surface area contributed by atoms with Crippen molar-refractivity contribution in [1.82, 2.24) is 19.4 Å². The molecule has 2 saturated heterocycles. The monoisotopic (exact) mass is 427 g/mol. The number of pyridine rings is 1. The maximum absolute atomic E-state index is 13.9. The summed E-state index contributed by atoms with van der Waals surface area (Å²) in [5.41, 5.74) is 0.877. The lowest BCUT2D eigenvalue weighted by atomic mass is 9.71. The van der Waals surface area contributed by atoms with Gasteiger partial charge in [-0.2, -0.15) is 0 Å². The normalized spacial score (nSPS) is 21.0. The summed E-state index contributed by atoms with van der Waals surface area (Å²) >= 11 is 12.3. The number of fused-ring (bicyclic) bond motifs is 1. The fourth-order valence-electron chi connectivity index (χ4n) is 4.79. The summed E-state index contributed by atoms with van der Waals surface area (Å²) in [5.74, 6) is 0.924. The van der Waals surface area contributed by atoms with Crippen LogP contribution in [0.25, 0.3) is 11.0 Å². The third-order valence-corrected chi connectivity index (χ3v) is 6.85. The smallest absolute Gasteiger partial charge is 0.206 e. The maximum Gasteiger partial charge on any atom is 0.206 e. The first-order valence-corrected chi connectivity index (χ1v) is 10.8. The number of piperidine rings is 2. The van der Waals surface area contributed by atoms with E-state index < -0.39 is 5.67 Å². The Morgan fingerprint density at radius 3 is 2.29 bits per heavy atom. The van der Waals surface area contributed by atoms with Crippen LogP contribution < -0.4 is 4.90 Å². The van der Waals surface area contributed by atoms with Crippen LogP contribution >= 0.6 is 23.2 Å². The first-order valence-electron chi connectivity index (χ1n) is 10.0. The number of likely N-dealkylation sites (tertiary alicyclic amines) is 1. The van der Waals surface area contributed by atoms with E-state index in [-0.39, 0.29) is 0 Å². The average molecular weight is 428 g/mol. The van der Waals surface area contributed by atoms with E-state index >= 15 is 0 Å². The number of nitrogens with zero attached hydrogens (tertiary/aromatic N) is 5. The molecule has 2 aliphatic heterocycles. The van der Waals surface area contributed by atoms with Crippen LogP contribution in [0.1, 0.15) is 39.5 Å². The number of anilines is 1. The molecule has 4 heterocycles. The SMILES string of the molecule is Cn1c(N2CCC3(CCN(CC(C)(C)F)CC3)CC2)nc2c(Cl)nc(Cl)cc21. The van der Waals surface area contributed by atoms with Crippen molar-refractivity contribution in [3.63, 3.8) is 0 Å². The van der Waals surface area contributed by atoms with Gasteiger partial charge in [-0.05, 0) is 58.0 Å². The molecule has 4 rings (SSSR count). The molecule has 1 spiro atoms. The van der Waals surface area contributed by atoms with Crippen LogP contribution in [0.15, 0.2) is 6.07 Å². The summed E-state index contributed by atoms with van der Waals surface area (Å²) in [6, 6.07) is 1.81. The van der Waals surface area contributed by atoms with Gasteiger partial charge in [0.15, 0.2) is 5.15 Å². The second-order valence-electron chi connectivity index (χ2n) is 9.06. The van der Waals surface area contributed by atoms with Crippen molar-refractivity contribution < 1.29 is 4.39 Å². The highest BCUT2D eigenvalue weighted by molar-refractivity contribution is 6.36. The topological polar surface area (TPSA) is 37.2 Å². The van der Waals surface area contributed by atoms with E-state index in [1.807, 2.05) is 13.1 Å². The Kier molecular flexibility index (Phi) is 5.26. The Hall–Kier alpha value is -1.11. The van der Waals surface area contributed by atoms with Crippen LogP contribution in [0.2, 0.25) is 10.3 Å². The Balaban J connectivity index is 1.43. The maximum atomic E-state index is 13.9. The third kappa shape index (κ3) is 3.96. The van der Waals surface area contributed by atoms with Crippen molar-refractivity contribution in [3.05, 3.63) is 16.4 Å². The van der Waals surface area contributed by atoms with Gasteiger partial charge >= 0.3 is 0 Å². The van der Waals surface area contributed by atoms with Gasteiger partial charge < -0.3 is 14.4 Å². The molecule has 0 radical (unpaired) electrons. The van der Waals surface area contributed by atoms with Crippen molar-refractivity contribution in [2.75, 3.05) is 37.6 Å². The van der Waals surface area contributed by atoms with Gasteiger partial charge in [0.05, 0.1) is 5.52 Å². The molecule has 2 aromatic rings. The van der Waals surface area contributed by atoms with Crippen LogP contribution in [0.3, 0.4) is 0 Å². The van der Waals surface area contributed by atoms with E-state index in [2.05, 4.69) is 19.4 Å². The van der Waals surface area contributed by atoms with Gasteiger partial charge in [-0.15, -0.1) is 0 Å². The van der Waals surface area contributed by atoms with Crippen molar-refractivity contribution in [2.45, 2.75) is 45.2 Å². The number of hydrogen-bond donors (Lipinski definition) is 0. The molecule has 0 amide bonds. The molecular weight excluding hydrogens is 400 g/mol. The first kappa shape index (κ1) is 20.2. The van der Waals surface area contributed by atoms with Crippen LogP contribution in [-0.4, -0.2) is 57.8 Å². The largest absolute Gasteiger partial charge is 0.342 e. The van der Waals surface area contributed by atoms with Crippen LogP contribution in [0.4, 0.5) is 10.3 Å². The average Bonchev–Trinajstić information content (AvgIpc) is 2.94.